The van der Waals surface area contributed by atoms with Gasteiger partial charge in [-0.1, -0.05) is 135 Å². The van der Waals surface area contributed by atoms with Gasteiger partial charge in [-0.25, -0.2) is 32.5 Å². The molecule has 17 rings (SSSR count). The highest BCUT2D eigenvalue weighted by Crippen LogP contribution is 2.47. The number of Topliss-reactive ketones (excluding diaryl/α,β-unsaturated/α-hetero) is 1. The Morgan fingerprint density at radius 2 is 0.772 bits per heavy atom. The van der Waals surface area contributed by atoms with Crippen molar-refractivity contribution in [1.29, 1.82) is 0 Å². The molecule has 0 atom stereocenters. The van der Waals surface area contributed by atoms with E-state index in [0.29, 0.717) is 41.5 Å². The van der Waals surface area contributed by atoms with Crippen LogP contribution in [0.15, 0.2) is 253 Å². The number of ketones is 1. The molecule has 0 unspecified atom stereocenters. The number of nitrogen functional groups attached to an aromatic ring is 2. The normalized spacial score (nSPS) is 13.9. The van der Waals surface area contributed by atoms with Crippen LogP contribution in [0.3, 0.4) is 0 Å². The number of pyridine rings is 4. The predicted octanol–water partition coefficient (Wildman–Crippen LogP) is 17.9. The van der Waals surface area contributed by atoms with Crippen molar-refractivity contribution < 1.29 is 69.9 Å². The molecule has 7 aromatic heterocycles. The molecule has 4 saturated carbocycles. The summed E-state index contributed by atoms with van der Waals surface area (Å²) in [5, 5.41) is 56.0. The van der Waals surface area contributed by atoms with E-state index in [4.69, 9.17) is 45.2 Å². The number of rotatable bonds is 23. The third-order valence-electron chi connectivity index (χ3n) is 20.4. The fourth-order valence-electron chi connectivity index (χ4n) is 13.2. The van der Waals surface area contributed by atoms with Gasteiger partial charge in [-0.05, 0) is 229 Å². The summed E-state index contributed by atoms with van der Waals surface area (Å²) in [6.07, 6.45) is 18.7. The summed E-state index contributed by atoms with van der Waals surface area (Å²) in [5.41, 5.74) is 11.6. The number of anilines is 2. The standard InChI is InChI=1S/C27H27N3O4S.C16H14N4O3.C16H16N4O.C11H11NO5.C9H12O2S.C5H7N3.4C2H6.CO2/c1-2-35(32,33)24-13-9-21(10-14-24)19-22(31)18-20-7-11-23(12-8-20)34-27(15-5-16-27)26-29-28-25-6-3-4-17-30(25)26;21-20(22)12-5-7-13(8-6-12)23-16(9-3-10-16)15-18-17-14-4-1-2-11-19(14)15;17-12-5-7-13(8-6-12)21-16(9-3-10-16)15-19-18-14-4-1-2-11-20(14)15;13-10(14)11(6-1-7-11)17-9-4-2-8(3-5-9)12(15)16;1-3-12(10,11)9-6-4-8(2)5-7-9;6-8-5-3-1-2-4-7-5;4*1-2;2-1-3/h3-4,6-14,17H,2,5,15-16,18-19H2,1H3;1-2,4-8,11H,3,9-10H2;1-2,4-8,11H,3,9-10,17H2;2-5H,1,6-7H2,(H,13,14);4-7H,3H2,1-2H3;1-4H,6H2,(H,7,8);4*1-2H3;. The van der Waals surface area contributed by atoms with Crippen molar-refractivity contribution in [3.8, 4) is 23.0 Å². The smallest absolute Gasteiger partial charge is 0.373 e. The van der Waals surface area contributed by atoms with Gasteiger partial charge in [-0.15, -0.1) is 30.6 Å². The van der Waals surface area contributed by atoms with Crippen molar-refractivity contribution in [3.05, 3.63) is 298 Å². The molecule has 13 aromatic rings. The molecule has 0 spiro atoms. The number of carboxylic acid groups (broad SMARTS) is 1. The molecule has 32 nitrogen and oxygen atoms in total. The van der Waals surface area contributed by atoms with Gasteiger partial charge in [0, 0.05) is 67.6 Å². The van der Waals surface area contributed by atoms with Crippen LogP contribution in [0, 0.1) is 27.2 Å². The molecule has 6 N–H and O–H groups in total. The fraction of sp³-hybridized carbons (Fsp3) is 0.333. The summed E-state index contributed by atoms with van der Waals surface area (Å²) >= 11 is 0. The largest absolute Gasteiger partial charge is 0.479 e. The Morgan fingerprint density at radius 3 is 1.06 bits per heavy atom. The van der Waals surface area contributed by atoms with Crippen LogP contribution in [0.5, 0.6) is 23.0 Å². The second-order valence-corrected chi connectivity index (χ2v) is 32.8. The van der Waals surface area contributed by atoms with Crippen LogP contribution < -0.4 is 35.9 Å². The number of fused-ring (bicyclic) bond motifs is 3. The number of hydrogen-bond acceptors (Lipinski definition) is 26. The van der Waals surface area contributed by atoms with E-state index in [0.717, 1.165) is 132 Å². The number of aliphatic carboxylic acids is 1. The molecular formula is C93H111N15O17S2. The number of carbonyl (C=O) groups excluding carboxylic acids is 3. The van der Waals surface area contributed by atoms with Gasteiger partial charge in [-0.2, -0.15) is 9.59 Å². The van der Waals surface area contributed by atoms with Crippen molar-refractivity contribution >= 4 is 77.4 Å². The minimum atomic E-state index is -3.24. The molecule has 0 radical (unpaired) electrons. The van der Waals surface area contributed by atoms with E-state index in [2.05, 4.69) is 41.0 Å². The zero-order valence-corrected chi connectivity index (χ0v) is 74.9. The number of non-ortho nitro benzene ring substituents is 2. The van der Waals surface area contributed by atoms with E-state index < -0.39 is 52.3 Å². The van der Waals surface area contributed by atoms with Crippen LogP contribution in [0.2, 0.25) is 0 Å². The van der Waals surface area contributed by atoms with Gasteiger partial charge >= 0.3 is 12.1 Å². The number of hydrazine groups is 1. The van der Waals surface area contributed by atoms with Crippen LogP contribution in [0.25, 0.3) is 16.9 Å². The van der Waals surface area contributed by atoms with Crippen LogP contribution >= 0.6 is 0 Å². The van der Waals surface area contributed by atoms with Gasteiger partial charge in [0.05, 0.1) is 31.1 Å². The van der Waals surface area contributed by atoms with Gasteiger partial charge in [0.1, 0.15) is 34.6 Å². The van der Waals surface area contributed by atoms with Gasteiger partial charge in [-0.3, -0.25) is 38.2 Å². The highest BCUT2D eigenvalue weighted by atomic mass is 32.2. The molecule has 0 saturated heterocycles. The summed E-state index contributed by atoms with van der Waals surface area (Å²) in [6.45, 7) is 21.2. The Bertz CT molecular complexity index is 5890. The van der Waals surface area contributed by atoms with E-state index in [1.165, 1.54) is 36.4 Å². The number of nitrogens with zero attached hydrogens (tertiary/aromatic N) is 12. The third kappa shape index (κ3) is 26.7. The topological polar surface area (TPSA) is 448 Å². The number of carboxylic acids is 1. The Labute approximate surface area is 739 Å². The van der Waals surface area contributed by atoms with Crippen LogP contribution in [0.1, 0.15) is 180 Å². The van der Waals surface area contributed by atoms with Gasteiger partial charge in [0.2, 0.25) is 5.60 Å². The van der Waals surface area contributed by atoms with E-state index in [1.807, 2.05) is 221 Å². The number of nitro groups is 2. The first-order valence-electron chi connectivity index (χ1n) is 42.1. The first-order valence-corrected chi connectivity index (χ1v) is 45.4. The molecule has 127 heavy (non-hydrogen) atoms. The van der Waals surface area contributed by atoms with E-state index in [9.17, 15) is 46.7 Å². The Balaban J connectivity index is 0.000000213. The third-order valence-corrected chi connectivity index (χ3v) is 23.9. The number of nitro benzene ring substituents is 2. The lowest BCUT2D eigenvalue weighted by Gasteiger charge is -2.40. The maximum absolute atomic E-state index is 12.6. The highest BCUT2D eigenvalue weighted by Gasteiger charge is 2.49. The van der Waals surface area contributed by atoms with Crippen molar-refractivity contribution in [1.82, 2.24) is 48.8 Å². The SMILES string of the molecule is CC.CC.CC.CC.CCS(=O)(=O)c1ccc(C)cc1.CCS(=O)(=O)c1ccc(CC(=O)Cc2ccc(OC3(c4nnc5ccccn45)CCC3)cc2)cc1.NNc1ccccn1.Nc1ccc(OC2(c3nnc4ccccn34)CCC2)cc1.O=C(O)C1(Oc2ccc([N+](=O)[O-])cc2)CCC1.O=C=O.O=[N+]([O-])c1ccc(OC2(c3nnc4ccccn34)CCC2)cc1. The highest BCUT2D eigenvalue weighted by molar-refractivity contribution is 7.91. The van der Waals surface area contributed by atoms with Gasteiger partial charge in [0.25, 0.3) is 11.4 Å². The summed E-state index contributed by atoms with van der Waals surface area (Å²) in [5.74, 6) is 9.99. The lowest BCUT2D eigenvalue weighted by atomic mass is 9.79. The summed E-state index contributed by atoms with van der Waals surface area (Å²) in [4.78, 5) is 64.7. The van der Waals surface area contributed by atoms with Crippen molar-refractivity contribution in [2.45, 2.75) is 198 Å². The van der Waals surface area contributed by atoms with Crippen molar-refractivity contribution in [2.24, 2.45) is 5.84 Å². The number of nitrogens with one attached hydrogen (secondary N) is 1. The molecule has 4 fully saturated rings. The number of benzene rings is 6. The minimum absolute atomic E-state index is 0.0460. The molecule has 4 aliphatic rings. The maximum atomic E-state index is 12.6. The quantitative estimate of drug-likeness (QED) is 0.0200. The number of hydrogen-bond donors (Lipinski definition) is 4. The average Bonchev–Trinajstić information content (AvgIpc) is 1.65. The molecular weight excluding hydrogens is 1660 g/mol. The molecule has 672 valence electrons. The van der Waals surface area contributed by atoms with Crippen LogP contribution in [0.4, 0.5) is 22.9 Å². The van der Waals surface area contributed by atoms with E-state index >= 15 is 0 Å². The first-order chi connectivity index (χ1) is 61.3. The molecule has 0 amide bonds. The zero-order valence-electron chi connectivity index (χ0n) is 73.2. The number of aryl methyl sites for hydroxylation is 1. The van der Waals surface area contributed by atoms with E-state index in [1.54, 1.807) is 74.6 Å². The number of nitrogens with two attached hydrogens (primary N) is 2. The fourth-order valence-corrected chi connectivity index (χ4v) is 14.9. The van der Waals surface area contributed by atoms with Crippen molar-refractivity contribution in [2.75, 3.05) is 22.7 Å². The minimum Gasteiger partial charge on any atom is -0.479 e. The Morgan fingerprint density at radius 1 is 0.457 bits per heavy atom. The zero-order chi connectivity index (χ0) is 92.8. The number of aromatic nitrogens is 10. The Kier molecular flexibility index (Phi) is 38.4. The summed E-state index contributed by atoms with van der Waals surface area (Å²) in [7, 11) is -6.25. The molecule has 6 aromatic carbocycles. The van der Waals surface area contributed by atoms with Crippen molar-refractivity contribution in [3.63, 3.8) is 0 Å². The monoisotopic (exact) mass is 1770 g/mol. The molecule has 34 heteroatoms. The average molecular weight is 1780 g/mol. The van der Waals surface area contributed by atoms with E-state index in [-0.39, 0.29) is 51.7 Å². The second-order valence-electron chi connectivity index (χ2n) is 28.3. The lowest BCUT2D eigenvalue weighted by Crippen LogP contribution is -2.50. The number of carbonyl (C=O) groups is 2. The Hall–Kier alpha value is -13.7. The predicted molar refractivity (Wildman–Crippen MR) is 484 cm³/mol. The summed E-state index contributed by atoms with van der Waals surface area (Å²) in [6, 6.07) is 63.1. The molecule has 0 bridgehead atoms. The number of ether oxygens (including phenoxy) is 4. The maximum Gasteiger partial charge on any atom is 0.373 e. The molecule has 0 aliphatic heterocycles. The second kappa shape index (κ2) is 48.5. The van der Waals surface area contributed by atoms with Gasteiger partial charge in [0.15, 0.2) is 70.9 Å². The van der Waals surface area contributed by atoms with Gasteiger partial charge < -0.3 is 35.2 Å². The first kappa shape index (κ1) is 100. The summed E-state index contributed by atoms with van der Waals surface area (Å²) < 4.78 is 76.8. The van der Waals surface area contributed by atoms with Crippen LogP contribution in [-0.2, 0) is 68.5 Å². The lowest BCUT2D eigenvalue weighted by molar-refractivity contribution is -0.385. The van der Waals surface area contributed by atoms with Crippen LogP contribution in [-0.4, -0.2) is 116 Å². The number of sulfone groups is 2. The molecule has 7 heterocycles. The molecule has 4 aliphatic carbocycles.